The Balaban J connectivity index is 2.04. The SMILES string of the molecule is Cc1cc(C)c(NC2CC(C(=O)O)C2)c(C)c1. The number of anilines is 1. The molecule has 3 nitrogen and oxygen atoms in total. The van der Waals surface area contributed by atoms with Crippen molar-refractivity contribution in [3.8, 4) is 0 Å². The molecule has 0 radical (unpaired) electrons. The number of aliphatic carboxylic acids is 1. The molecular weight excluding hydrogens is 214 g/mol. The van der Waals surface area contributed by atoms with Gasteiger partial charge in [-0.1, -0.05) is 17.7 Å². The average molecular weight is 233 g/mol. The summed E-state index contributed by atoms with van der Waals surface area (Å²) in [4.78, 5) is 10.7. The number of benzene rings is 1. The molecule has 0 aliphatic heterocycles. The smallest absolute Gasteiger partial charge is 0.306 e. The molecule has 0 atom stereocenters. The lowest BCUT2D eigenvalue weighted by Gasteiger charge is -2.34. The van der Waals surface area contributed by atoms with Crippen molar-refractivity contribution in [2.45, 2.75) is 39.7 Å². The number of nitrogens with one attached hydrogen (secondary N) is 1. The van der Waals surface area contributed by atoms with Gasteiger partial charge in [0, 0.05) is 11.7 Å². The minimum Gasteiger partial charge on any atom is -0.481 e. The summed E-state index contributed by atoms with van der Waals surface area (Å²) >= 11 is 0. The zero-order chi connectivity index (χ0) is 12.6. The van der Waals surface area contributed by atoms with E-state index in [2.05, 4.69) is 38.2 Å². The van der Waals surface area contributed by atoms with Gasteiger partial charge in [0.05, 0.1) is 5.92 Å². The van der Waals surface area contributed by atoms with E-state index < -0.39 is 5.97 Å². The molecule has 0 saturated heterocycles. The second kappa shape index (κ2) is 4.40. The maximum absolute atomic E-state index is 10.7. The maximum atomic E-state index is 10.7. The van der Waals surface area contributed by atoms with E-state index in [1.54, 1.807) is 0 Å². The van der Waals surface area contributed by atoms with Gasteiger partial charge in [-0.2, -0.15) is 0 Å². The molecule has 2 N–H and O–H groups in total. The molecular formula is C14H19NO2. The van der Waals surface area contributed by atoms with Crippen LogP contribution in [0.1, 0.15) is 29.5 Å². The highest BCUT2D eigenvalue weighted by Gasteiger charge is 2.34. The first-order valence-electron chi connectivity index (χ1n) is 6.04. The topological polar surface area (TPSA) is 49.3 Å². The first-order valence-corrected chi connectivity index (χ1v) is 6.04. The van der Waals surface area contributed by atoms with Crippen molar-refractivity contribution in [2.24, 2.45) is 5.92 Å². The molecule has 17 heavy (non-hydrogen) atoms. The van der Waals surface area contributed by atoms with Gasteiger partial charge in [0.2, 0.25) is 0 Å². The number of carboxylic acids is 1. The molecule has 1 fully saturated rings. The molecule has 0 heterocycles. The Hall–Kier alpha value is -1.51. The van der Waals surface area contributed by atoms with Gasteiger partial charge < -0.3 is 10.4 Å². The fraction of sp³-hybridized carbons (Fsp3) is 0.500. The maximum Gasteiger partial charge on any atom is 0.306 e. The molecule has 0 aromatic heterocycles. The Labute approximate surface area is 102 Å². The van der Waals surface area contributed by atoms with E-state index in [1.807, 2.05) is 0 Å². The fourth-order valence-corrected chi connectivity index (χ4v) is 2.55. The van der Waals surface area contributed by atoms with Crippen LogP contribution in [0.15, 0.2) is 12.1 Å². The summed E-state index contributed by atoms with van der Waals surface area (Å²) in [6, 6.07) is 4.63. The summed E-state index contributed by atoms with van der Waals surface area (Å²) in [6.07, 6.45) is 1.48. The summed E-state index contributed by atoms with van der Waals surface area (Å²) in [5.74, 6) is -0.820. The largest absolute Gasteiger partial charge is 0.481 e. The van der Waals surface area contributed by atoms with E-state index in [-0.39, 0.29) is 5.92 Å². The molecule has 0 amide bonds. The zero-order valence-electron chi connectivity index (χ0n) is 10.6. The quantitative estimate of drug-likeness (QED) is 0.844. The Bertz CT molecular complexity index is 425. The van der Waals surface area contributed by atoms with Crippen LogP contribution in [0.25, 0.3) is 0 Å². The van der Waals surface area contributed by atoms with E-state index in [1.165, 1.54) is 22.4 Å². The van der Waals surface area contributed by atoms with E-state index in [9.17, 15) is 4.79 Å². The third-order valence-corrected chi connectivity index (χ3v) is 3.51. The first-order chi connectivity index (χ1) is 7.97. The molecule has 92 valence electrons. The Morgan fingerprint density at radius 2 is 1.76 bits per heavy atom. The lowest BCUT2D eigenvalue weighted by atomic mass is 9.80. The predicted octanol–water partition coefficient (Wildman–Crippen LogP) is 2.89. The Kier molecular flexibility index (Phi) is 3.09. The van der Waals surface area contributed by atoms with Crippen molar-refractivity contribution >= 4 is 11.7 Å². The summed E-state index contributed by atoms with van der Waals surface area (Å²) in [5, 5.41) is 12.3. The van der Waals surface area contributed by atoms with Crippen molar-refractivity contribution in [3.63, 3.8) is 0 Å². The van der Waals surface area contributed by atoms with Crippen LogP contribution in [0, 0.1) is 26.7 Å². The van der Waals surface area contributed by atoms with Crippen LogP contribution in [0.4, 0.5) is 5.69 Å². The van der Waals surface area contributed by atoms with Crippen LogP contribution in [-0.2, 0) is 4.79 Å². The molecule has 0 spiro atoms. The van der Waals surface area contributed by atoms with Crippen molar-refractivity contribution in [1.82, 2.24) is 0 Å². The lowest BCUT2D eigenvalue weighted by molar-refractivity contribution is -0.144. The summed E-state index contributed by atoms with van der Waals surface area (Å²) in [7, 11) is 0. The third kappa shape index (κ3) is 2.43. The normalized spacial score (nSPS) is 23.0. The minimum atomic E-state index is -0.666. The molecule has 1 saturated carbocycles. The van der Waals surface area contributed by atoms with Gasteiger partial charge in [0.1, 0.15) is 0 Å². The van der Waals surface area contributed by atoms with Gasteiger partial charge in [0.25, 0.3) is 0 Å². The predicted molar refractivity (Wildman–Crippen MR) is 68.4 cm³/mol. The molecule has 3 heteroatoms. The average Bonchev–Trinajstić information content (AvgIpc) is 2.12. The molecule has 1 aromatic carbocycles. The highest BCUT2D eigenvalue weighted by Crippen LogP contribution is 2.32. The fourth-order valence-electron chi connectivity index (χ4n) is 2.55. The summed E-state index contributed by atoms with van der Waals surface area (Å²) < 4.78 is 0. The summed E-state index contributed by atoms with van der Waals surface area (Å²) in [6.45, 7) is 6.28. The number of carboxylic acid groups (broad SMARTS) is 1. The third-order valence-electron chi connectivity index (χ3n) is 3.51. The molecule has 0 unspecified atom stereocenters. The van der Waals surface area contributed by atoms with Crippen LogP contribution in [0.2, 0.25) is 0 Å². The molecule has 1 aliphatic carbocycles. The highest BCUT2D eigenvalue weighted by molar-refractivity contribution is 5.72. The molecule has 1 aliphatic rings. The van der Waals surface area contributed by atoms with Crippen LogP contribution in [0.3, 0.4) is 0 Å². The monoisotopic (exact) mass is 233 g/mol. The van der Waals surface area contributed by atoms with Gasteiger partial charge in [-0.25, -0.2) is 0 Å². The van der Waals surface area contributed by atoms with Crippen LogP contribution < -0.4 is 5.32 Å². The second-order valence-corrected chi connectivity index (χ2v) is 5.12. The summed E-state index contributed by atoms with van der Waals surface area (Å²) in [5.41, 5.74) is 4.91. The Morgan fingerprint density at radius 1 is 1.24 bits per heavy atom. The number of rotatable bonds is 3. The zero-order valence-corrected chi connectivity index (χ0v) is 10.6. The number of hydrogen-bond donors (Lipinski definition) is 2. The first kappa shape index (κ1) is 12.0. The molecule has 2 rings (SSSR count). The van der Waals surface area contributed by atoms with Crippen LogP contribution in [-0.4, -0.2) is 17.1 Å². The highest BCUT2D eigenvalue weighted by atomic mass is 16.4. The van der Waals surface area contributed by atoms with Gasteiger partial charge in [0.15, 0.2) is 0 Å². The molecule has 0 bridgehead atoms. The number of aryl methyl sites for hydroxylation is 3. The van der Waals surface area contributed by atoms with Crippen molar-refractivity contribution in [2.75, 3.05) is 5.32 Å². The van der Waals surface area contributed by atoms with E-state index in [4.69, 9.17) is 5.11 Å². The van der Waals surface area contributed by atoms with E-state index in [0.29, 0.717) is 6.04 Å². The van der Waals surface area contributed by atoms with E-state index >= 15 is 0 Å². The van der Waals surface area contributed by atoms with Crippen molar-refractivity contribution < 1.29 is 9.90 Å². The second-order valence-electron chi connectivity index (χ2n) is 5.12. The lowest BCUT2D eigenvalue weighted by Crippen LogP contribution is -2.39. The standard InChI is InChI=1S/C14H19NO2/c1-8-4-9(2)13(10(3)5-8)15-12-6-11(7-12)14(16)17/h4-5,11-12,15H,6-7H2,1-3H3,(H,16,17). The van der Waals surface area contributed by atoms with E-state index in [0.717, 1.165) is 12.8 Å². The van der Waals surface area contributed by atoms with Gasteiger partial charge >= 0.3 is 5.97 Å². The number of hydrogen-bond acceptors (Lipinski definition) is 2. The van der Waals surface area contributed by atoms with Gasteiger partial charge in [-0.05, 0) is 44.7 Å². The van der Waals surface area contributed by atoms with Crippen molar-refractivity contribution in [1.29, 1.82) is 0 Å². The number of carbonyl (C=O) groups is 1. The van der Waals surface area contributed by atoms with Crippen LogP contribution >= 0.6 is 0 Å². The van der Waals surface area contributed by atoms with Crippen molar-refractivity contribution in [3.05, 3.63) is 28.8 Å². The molecule has 1 aromatic rings. The van der Waals surface area contributed by atoms with Crippen LogP contribution in [0.5, 0.6) is 0 Å². The minimum absolute atomic E-state index is 0.154. The Morgan fingerprint density at radius 3 is 2.24 bits per heavy atom. The van der Waals surface area contributed by atoms with Gasteiger partial charge in [-0.15, -0.1) is 0 Å². The van der Waals surface area contributed by atoms with Gasteiger partial charge in [-0.3, -0.25) is 4.79 Å².